The van der Waals surface area contributed by atoms with Gasteiger partial charge in [-0.15, -0.1) is 0 Å². The molecular formula is C22H20N2O3. The van der Waals surface area contributed by atoms with Crippen LogP contribution < -0.4 is 5.56 Å². The number of pyridine rings is 2. The Kier molecular flexibility index (Phi) is 3.12. The second-order valence-electron chi connectivity index (χ2n) is 7.76. The molecule has 2 aliphatic rings. The van der Waals surface area contributed by atoms with Crippen molar-refractivity contribution in [1.82, 2.24) is 9.55 Å². The van der Waals surface area contributed by atoms with Gasteiger partial charge in [0.1, 0.15) is 5.60 Å². The zero-order valence-corrected chi connectivity index (χ0v) is 15.6. The quantitative estimate of drug-likeness (QED) is 0.567. The number of carbonyl (C=O) groups excluding carboxylic acids is 1. The molecule has 0 saturated carbocycles. The van der Waals surface area contributed by atoms with Crippen molar-refractivity contribution in [1.29, 1.82) is 0 Å². The van der Waals surface area contributed by atoms with Crippen molar-refractivity contribution in [3.63, 3.8) is 0 Å². The Morgan fingerprint density at radius 1 is 1.11 bits per heavy atom. The molecule has 1 aromatic carbocycles. The van der Waals surface area contributed by atoms with Gasteiger partial charge < -0.3 is 9.67 Å². The fraction of sp³-hybridized carbons (Fsp3) is 0.318. The molecule has 5 nitrogen and oxygen atoms in total. The van der Waals surface area contributed by atoms with E-state index in [1.807, 2.05) is 13.0 Å². The monoisotopic (exact) mass is 360 g/mol. The van der Waals surface area contributed by atoms with Crippen LogP contribution in [-0.2, 0) is 23.4 Å². The number of rotatable bonds is 1. The van der Waals surface area contributed by atoms with Crippen LogP contribution in [0.5, 0.6) is 0 Å². The van der Waals surface area contributed by atoms with E-state index in [0.717, 1.165) is 22.0 Å². The molecule has 5 heteroatoms. The maximum Gasteiger partial charge on any atom is 0.251 e. The van der Waals surface area contributed by atoms with Gasteiger partial charge in [0.2, 0.25) is 0 Å². The Hall–Kier alpha value is -2.79. The van der Waals surface area contributed by atoms with E-state index in [2.05, 4.69) is 19.1 Å². The van der Waals surface area contributed by atoms with Gasteiger partial charge in [-0.05, 0) is 55.2 Å². The molecule has 0 bridgehead atoms. The highest BCUT2D eigenvalue weighted by Gasteiger charge is 2.47. The summed E-state index contributed by atoms with van der Waals surface area (Å²) in [5.74, 6) is -0.242. The van der Waals surface area contributed by atoms with Crippen LogP contribution in [0.25, 0.3) is 22.3 Å². The SMILES string of the molecule is CCC1(O)C(=O)Cc2cc(=O)n3c(c21)-c1nc2cc(C)c(C)cc2cc1C3. The Labute approximate surface area is 156 Å². The van der Waals surface area contributed by atoms with Gasteiger partial charge in [-0.1, -0.05) is 6.92 Å². The minimum atomic E-state index is -1.54. The zero-order chi connectivity index (χ0) is 19.1. The third-order valence-electron chi connectivity index (χ3n) is 6.19. The molecule has 1 N–H and O–H groups in total. The van der Waals surface area contributed by atoms with Gasteiger partial charge in [0, 0.05) is 29.0 Å². The van der Waals surface area contributed by atoms with Gasteiger partial charge in [0.05, 0.1) is 23.4 Å². The normalized spacial score (nSPS) is 20.1. The number of carbonyl (C=O) groups is 1. The van der Waals surface area contributed by atoms with Crippen LogP contribution in [-0.4, -0.2) is 20.4 Å². The van der Waals surface area contributed by atoms with E-state index in [1.54, 1.807) is 11.5 Å². The highest BCUT2D eigenvalue weighted by molar-refractivity contribution is 5.98. The lowest BCUT2D eigenvalue weighted by Gasteiger charge is -2.23. The number of aryl methyl sites for hydroxylation is 2. The van der Waals surface area contributed by atoms with Crippen molar-refractivity contribution in [2.45, 2.75) is 45.8 Å². The molecule has 0 radical (unpaired) electrons. The number of aliphatic hydroxyl groups is 1. The number of nitrogens with zero attached hydrogens (tertiary/aromatic N) is 2. The second-order valence-corrected chi connectivity index (χ2v) is 7.76. The molecule has 1 atom stereocenters. The molecule has 1 unspecified atom stereocenters. The Morgan fingerprint density at radius 2 is 1.85 bits per heavy atom. The van der Waals surface area contributed by atoms with E-state index in [4.69, 9.17) is 4.98 Å². The first-order valence-corrected chi connectivity index (χ1v) is 9.27. The zero-order valence-electron chi connectivity index (χ0n) is 15.6. The van der Waals surface area contributed by atoms with Crippen molar-refractivity contribution in [3.8, 4) is 11.4 Å². The summed E-state index contributed by atoms with van der Waals surface area (Å²) >= 11 is 0. The molecule has 136 valence electrons. The molecule has 2 aromatic heterocycles. The molecule has 0 amide bonds. The molecule has 1 aliphatic heterocycles. The fourth-order valence-electron chi connectivity index (χ4n) is 4.51. The second kappa shape index (κ2) is 5.14. The van der Waals surface area contributed by atoms with Gasteiger partial charge in [0.15, 0.2) is 5.78 Å². The van der Waals surface area contributed by atoms with Crippen LogP contribution >= 0.6 is 0 Å². The maximum atomic E-state index is 12.7. The molecule has 5 rings (SSSR count). The molecule has 27 heavy (non-hydrogen) atoms. The van der Waals surface area contributed by atoms with Crippen molar-refractivity contribution in [2.24, 2.45) is 0 Å². The molecule has 0 saturated heterocycles. The van der Waals surface area contributed by atoms with Gasteiger partial charge in [-0.25, -0.2) is 4.98 Å². The predicted molar refractivity (Wildman–Crippen MR) is 103 cm³/mol. The Bertz CT molecular complexity index is 1240. The van der Waals surface area contributed by atoms with Gasteiger partial charge in [0.25, 0.3) is 5.56 Å². The number of ketones is 1. The first-order valence-electron chi connectivity index (χ1n) is 9.27. The summed E-state index contributed by atoms with van der Waals surface area (Å²) < 4.78 is 1.65. The van der Waals surface area contributed by atoms with E-state index in [9.17, 15) is 14.7 Å². The van der Waals surface area contributed by atoms with Crippen LogP contribution in [0.3, 0.4) is 0 Å². The van der Waals surface area contributed by atoms with Crippen molar-refractivity contribution < 1.29 is 9.90 Å². The molecular weight excluding hydrogens is 340 g/mol. The summed E-state index contributed by atoms with van der Waals surface area (Å²) in [4.78, 5) is 30.1. The summed E-state index contributed by atoms with van der Waals surface area (Å²) in [7, 11) is 0. The molecule has 3 heterocycles. The standard InChI is InChI=1S/C22H20N2O3/c1-4-22(27)17(25)8-14-9-18(26)24-10-15-7-13-5-11(2)12(3)6-16(13)23-20(15)21(24)19(14)22/h5-7,9,27H,4,8,10H2,1-3H3. The maximum absolute atomic E-state index is 12.7. The number of fused-ring (bicyclic) bond motifs is 6. The van der Waals surface area contributed by atoms with Crippen molar-refractivity contribution in [3.05, 3.63) is 62.4 Å². The highest BCUT2D eigenvalue weighted by Crippen LogP contribution is 2.45. The van der Waals surface area contributed by atoms with Crippen LogP contribution in [0.4, 0.5) is 0 Å². The molecule has 3 aromatic rings. The van der Waals surface area contributed by atoms with Crippen LogP contribution in [0, 0.1) is 13.8 Å². The third kappa shape index (κ3) is 2.00. The van der Waals surface area contributed by atoms with Crippen LogP contribution in [0.1, 0.15) is 41.2 Å². The van der Waals surface area contributed by atoms with Crippen molar-refractivity contribution >= 4 is 16.7 Å². The van der Waals surface area contributed by atoms with Gasteiger partial charge in [-0.2, -0.15) is 0 Å². The van der Waals surface area contributed by atoms with Gasteiger partial charge in [-0.3, -0.25) is 9.59 Å². The minimum absolute atomic E-state index is 0.101. The summed E-state index contributed by atoms with van der Waals surface area (Å²) in [6.07, 6.45) is 0.384. The van der Waals surface area contributed by atoms with Crippen LogP contribution in [0.15, 0.2) is 29.1 Å². The molecule has 0 fully saturated rings. The number of Topliss-reactive ketones (excluding diaryl/α,β-unsaturated/α-hetero) is 1. The Morgan fingerprint density at radius 3 is 2.59 bits per heavy atom. The van der Waals surface area contributed by atoms with E-state index >= 15 is 0 Å². The van der Waals surface area contributed by atoms with E-state index in [0.29, 0.717) is 29.1 Å². The highest BCUT2D eigenvalue weighted by atomic mass is 16.3. The lowest BCUT2D eigenvalue weighted by atomic mass is 9.90. The van der Waals surface area contributed by atoms with Gasteiger partial charge >= 0.3 is 0 Å². The third-order valence-corrected chi connectivity index (χ3v) is 6.19. The molecule has 1 aliphatic carbocycles. The average molecular weight is 360 g/mol. The summed E-state index contributed by atoms with van der Waals surface area (Å²) in [5.41, 5.74) is 5.01. The fourth-order valence-corrected chi connectivity index (χ4v) is 4.51. The average Bonchev–Trinajstić information content (AvgIpc) is 3.10. The number of benzene rings is 1. The van der Waals surface area contributed by atoms with Crippen molar-refractivity contribution in [2.75, 3.05) is 0 Å². The topological polar surface area (TPSA) is 72.2 Å². The van der Waals surface area contributed by atoms with E-state index in [-0.39, 0.29) is 24.2 Å². The lowest BCUT2D eigenvalue weighted by Crippen LogP contribution is -2.32. The van der Waals surface area contributed by atoms with Crippen LogP contribution in [0.2, 0.25) is 0 Å². The number of aromatic nitrogens is 2. The smallest absolute Gasteiger partial charge is 0.251 e. The van der Waals surface area contributed by atoms with E-state index < -0.39 is 5.60 Å². The van der Waals surface area contributed by atoms with E-state index in [1.165, 1.54) is 11.6 Å². The Balaban J connectivity index is 1.87. The first kappa shape index (κ1) is 16.4. The molecule has 0 spiro atoms. The number of hydrogen-bond acceptors (Lipinski definition) is 4. The minimum Gasteiger partial charge on any atom is -0.377 e. The largest absolute Gasteiger partial charge is 0.377 e. The first-order chi connectivity index (χ1) is 12.8. The summed E-state index contributed by atoms with van der Waals surface area (Å²) in [6, 6.07) is 7.74. The number of hydrogen-bond donors (Lipinski definition) is 1. The predicted octanol–water partition coefficient (Wildman–Crippen LogP) is 2.76. The lowest BCUT2D eigenvalue weighted by molar-refractivity contribution is -0.135. The summed E-state index contributed by atoms with van der Waals surface area (Å²) in [6.45, 7) is 6.33. The summed E-state index contributed by atoms with van der Waals surface area (Å²) in [5, 5.41) is 12.1.